The van der Waals surface area contributed by atoms with Crippen molar-refractivity contribution < 1.29 is 0 Å². The van der Waals surface area contributed by atoms with Gasteiger partial charge in [-0.2, -0.15) is 5.10 Å². The molecule has 0 aromatic carbocycles. The van der Waals surface area contributed by atoms with Crippen LogP contribution in [-0.4, -0.2) is 22.9 Å². The van der Waals surface area contributed by atoms with Crippen LogP contribution in [0.1, 0.15) is 24.7 Å². The lowest BCUT2D eigenvalue weighted by atomic mass is 9.75. The van der Waals surface area contributed by atoms with Gasteiger partial charge in [0.25, 0.3) is 0 Å². The third kappa shape index (κ3) is 1.85. The van der Waals surface area contributed by atoms with Crippen LogP contribution in [0.2, 0.25) is 0 Å². The van der Waals surface area contributed by atoms with Gasteiger partial charge in [-0.05, 0) is 35.7 Å². The molecule has 1 aliphatic heterocycles. The number of rotatable bonds is 3. The van der Waals surface area contributed by atoms with Crippen molar-refractivity contribution in [1.29, 1.82) is 0 Å². The van der Waals surface area contributed by atoms with Crippen LogP contribution in [0.15, 0.2) is 4.47 Å². The minimum atomic E-state index is 0.461. The van der Waals surface area contributed by atoms with Crippen molar-refractivity contribution in [3.8, 4) is 0 Å². The molecule has 2 heterocycles. The summed E-state index contributed by atoms with van der Waals surface area (Å²) in [6.07, 6.45) is 2.35. The maximum absolute atomic E-state index is 4.44. The van der Waals surface area contributed by atoms with E-state index in [9.17, 15) is 0 Å². The Bertz CT molecular complexity index is 361. The van der Waals surface area contributed by atoms with Gasteiger partial charge in [-0.15, -0.1) is 0 Å². The van der Waals surface area contributed by atoms with Crippen LogP contribution in [0.5, 0.6) is 0 Å². The van der Waals surface area contributed by atoms with Gasteiger partial charge in [0.15, 0.2) is 0 Å². The molecule has 1 fully saturated rings. The van der Waals surface area contributed by atoms with E-state index in [4.69, 9.17) is 0 Å². The lowest BCUT2D eigenvalue weighted by Crippen LogP contribution is -2.54. The number of aromatic nitrogens is 2. The molecule has 0 atom stereocenters. The molecule has 0 radical (unpaired) electrons. The van der Waals surface area contributed by atoms with Crippen molar-refractivity contribution in [2.45, 2.75) is 26.7 Å². The van der Waals surface area contributed by atoms with Gasteiger partial charge >= 0.3 is 0 Å². The highest BCUT2D eigenvalue weighted by atomic mass is 79.9. The zero-order valence-electron chi connectivity index (χ0n) is 9.60. The Morgan fingerprint density at radius 3 is 2.53 bits per heavy atom. The minimum Gasteiger partial charge on any atom is -0.316 e. The van der Waals surface area contributed by atoms with Crippen LogP contribution in [0.3, 0.4) is 0 Å². The summed E-state index contributed by atoms with van der Waals surface area (Å²) in [7, 11) is 2.03. The molecule has 1 aromatic heterocycles. The van der Waals surface area contributed by atoms with Crippen molar-refractivity contribution in [2.75, 3.05) is 13.1 Å². The molecule has 0 bridgehead atoms. The summed E-state index contributed by atoms with van der Waals surface area (Å²) < 4.78 is 3.19. The first-order valence-corrected chi connectivity index (χ1v) is 6.26. The molecule has 1 N–H and O–H groups in total. The first-order valence-electron chi connectivity index (χ1n) is 5.47. The fourth-order valence-electron chi connectivity index (χ4n) is 2.21. The van der Waals surface area contributed by atoms with Crippen LogP contribution in [0.25, 0.3) is 0 Å². The average molecular weight is 272 g/mol. The van der Waals surface area contributed by atoms with Crippen molar-refractivity contribution in [3.63, 3.8) is 0 Å². The number of hydrogen-bond donors (Lipinski definition) is 1. The smallest absolute Gasteiger partial charge is 0.0738 e. The topological polar surface area (TPSA) is 29.9 Å². The second-order valence-electron chi connectivity index (χ2n) is 4.60. The number of hydrogen-bond acceptors (Lipinski definition) is 2. The Balaban J connectivity index is 2.23. The summed E-state index contributed by atoms with van der Waals surface area (Å²) >= 11 is 3.63. The normalized spacial score (nSPS) is 18.9. The van der Waals surface area contributed by atoms with Gasteiger partial charge in [-0.3, -0.25) is 4.68 Å². The number of halogens is 1. The SMILES string of the molecule is CCC1(Cc2c(Br)c(C)nn2C)CNC1. The molecule has 0 unspecified atom stereocenters. The third-order valence-electron chi connectivity index (χ3n) is 3.55. The molecule has 1 aromatic rings. The monoisotopic (exact) mass is 271 g/mol. The first-order chi connectivity index (χ1) is 7.08. The summed E-state index contributed by atoms with van der Waals surface area (Å²) in [6, 6.07) is 0. The Morgan fingerprint density at radius 1 is 1.53 bits per heavy atom. The van der Waals surface area contributed by atoms with E-state index >= 15 is 0 Å². The Hall–Kier alpha value is -0.350. The van der Waals surface area contributed by atoms with E-state index in [-0.39, 0.29) is 0 Å². The van der Waals surface area contributed by atoms with Gasteiger partial charge in [0, 0.05) is 25.6 Å². The van der Waals surface area contributed by atoms with E-state index in [2.05, 4.69) is 33.3 Å². The second kappa shape index (κ2) is 3.91. The fraction of sp³-hybridized carbons (Fsp3) is 0.727. The summed E-state index contributed by atoms with van der Waals surface area (Å²) in [5.41, 5.74) is 2.88. The van der Waals surface area contributed by atoms with Crippen LogP contribution in [-0.2, 0) is 13.5 Å². The van der Waals surface area contributed by atoms with E-state index in [1.807, 2.05) is 18.7 Å². The van der Waals surface area contributed by atoms with Crippen LogP contribution in [0, 0.1) is 12.3 Å². The Morgan fingerprint density at radius 2 is 2.20 bits per heavy atom. The number of nitrogens with one attached hydrogen (secondary N) is 1. The average Bonchev–Trinajstić information content (AvgIpc) is 2.37. The molecule has 0 spiro atoms. The maximum Gasteiger partial charge on any atom is 0.0738 e. The fourth-order valence-corrected chi connectivity index (χ4v) is 2.68. The Kier molecular flexibility index (Phi) is 2.90. The predicted octanol–water partition coefficient (Wildman–Crippen LogP) is 2.03. The van der Waals surface area contributed by atoms with E-state index < -0.39 is 0 Å². The largest absolute Gasteiger partial charge is 0.316 e. The van der Waals surface area contributed by atoms with Gasteiger partial charge in [-0.1, -0.05) is 6.92 Å². The molecule has 0 aliphatic carbocycles. The number of aryl methyl sites for hydroxylation is 2. The van der Waals surface area contributed by atoms with Crippen molar-refractivity contribution in [2.24, 2.45) is 12.5 Å². The number of nitrogens with zero attached hydrogens (tertiary/aromatic N) is 2. The second-order valence-corrected chi connectivity index (χ2v) is 5.40. The quantitative estimate of drug-likeness (QED) is 0.912. The maximum atomic E-state index is 4.44. The van der Waals surface area contributed by atoms with Crippen LogP contribution >= 0.6 is 15.9 Å². The molecule has 3 nitrogen and oxygen atoms in total. The standard InChI is InChI=1S/C11H18BrN3/c1-4-11(6-13-7-11)5-9-10(12)8(2)14-15(9)3/h13H,4-7H2,1-3H3. The minimum absolute atomic E-state index is 0.461. The van der Waals surface area contributed by atoms with Gasteiger partial charge in [-0.25, -0.2) is 0 Å². The lowest BCUT2D eigenvalue weighted by molar-refractivity contribution is 0.156. The van der Waals surface area contributed by atoms with E-state index in [0.717, 1.165) is 25.2 Å². The molecule has 84 valence electrons. The predicted molar refractivity (Wildman–Crippen MR) is 64.9 cm³/mol. The van der Waals surface area contributed by atoms with Crippen LogP contribution < -0.4 is 5.32 Å². The summed E-state index contributed by atoms with van der Waals surface area (Å²) in [5.74, 6) is 0. The zero-order valence-corrected chi connectivity index (χ0v) is 11.2. The molecule has 0 amide bonds. The third-order valence-corrected chi connectivity index (χ3v) is 4.59. The van der Waals surface area contributed by atoms with Crippen molar-refractivity contribution >= 4 is 15.9 Å². The lowest BCUT2D eigenvalue weighted by Gasteiger charge is -2.42. The first kappa shape index (κ1) is 11.1. The molecule has 1 saturated heterocycles. The molecular formula is C11H18BrN3. The molecular weight excluding hydrogens is 254 g/mol. The highest BCUT2D eigenvalue weighted by molar-refractivity contribution is 9.10. The summed E-state index contributed by atoms with van der Waals surface area (Å²) in [6.45, 7) is 6.60. The summed E-state index contributed by atoms with van der Waals surface area (Å²) in [4.78, 5) is 0. The van der Waals surface area contributed by atoms with Crippen LogP contribution in [0.4, 0.5) is 0 Å². The van der Waals surface area contributed by atoms with Gasteiger partial charge in [0.2, 0.25) is 0 Å². The van der Waals surface area contributed by atoms with Crippen molar-refractivity contribution in [3.05, 3.63) is 15.9 Å². The molecule has 1 aliphatic rings. The zero-order chi connectivity index (χ0) is 11.1. The van der Waals surface area contributed by atoms with E-state index in [1.54, 1.807) is 0 Å². The van der Waals surface area contributed by atoms with Crippen molar-refractivity contribution in [1.82, 2.24) is 15.1 Å². The van der Waals surface area contributed by atoms with E-state index in [1.165, 1.54) is 16.6 Å². The van der Waals surface area contributed by atoms with E-state index in [0.29, 0.717) is 5.41 Å². The van der Waals surface area contributed by atoms with Gasteiger partial charge in [0.1, 0.15) is 0 Å². The molecule has 2 rings (SSSR count). The summed E-state index contributed by atoms with van der Waals surface area (Å²) in [5, 5.41) is 7.81. The molecule has 0 saturated carbocycles. The highest BCUT2D eigenvalue weighted by Crippen LogP contribution is 2.34. The highest BCUT2D eigenvalue weighted by Gasteiger charge is 2.36. The van der Waals surface area contributed by atoms with Gasteiger partial charge < -0.3 is 5.32 Å². The van der Waals surface area contributed by atoms with Gasteiger partial charge in [0.05, 0.1) is 15.9 Å². The molecule has 15 heavy (non-hydrogen) atoms. The molecule has 4 heteroatoms. The Labute approximate surface area is 99.4 Å².